The largest absolute Gasteiger partial charge is 0.324 e. The molecule has 1 aliphatic heterocycles. The zero-order valence-corrected chi connectivity index (χ0v) is 8.33. The lowest BCUT2D eigenvalue weighted by Crippen LogP contribution is -2.53. The van der Waals surface area contributed by atoms with Crippen molar-refractivity contribution in [3.63, 3.8) is 0 Å². The Kier molecular flexibility index (Phi) is 2.90. The third-order valence-corrected chi connectivity index (χ3v) is 2.54. The first-order chi connectivity index (χ1) is 6.02. The molecule has 0 radical (unpaired) electrons. The van der Waals surface area contributed by atoms with Gasteiger partial charge < -0.3 is 4.90 Å². The van der Waals surface area contributed by atoms with Gasteiger partial charge in [0.15, 0.2) is 0 Å². The van der Waals surface area contributed by atoms with Gasteiger partial charge in [0, 0.05) is 19.0 Å². The SMILES string of the molecule is CC(C)C(C)N1CCC(=O)NC1=O. The molecule has 0 bridgehead atoms. The first-order valence-corrected chi connectivity index (χ1v) is 4.63. The van der Waals surface area contributed by atoms with Gasteiger partial charge in [-0.15, -0.1) is 0 Å². The van der Waals surface area contributed by atoms with Crippen LogP contribution in [0.3, 0.4) is 0 Å². The third-order valence-electron chi connectivity index (χ3n) is 2.54. The van der Waals surface area contributed by atoms with Crippen molar-refractivity contribution in [2.75, 3.05) is 6.54 Å². The van der Waals surface area contributed by atoms with Crippen molar-refractivity contribution < 1.29 is 9.59 Å². The summed E-state index contributed by atoms with van der Waals surface area (Å²) in [5.74, 6) is 0.246. The van der Waals surface area contributed by atoms with Crippen molar-refractivity contribution in [3.05, 3.63) is 0 Å². The highest BCUT2D eigenvalue weighted by Gasteiger charge is 2.27. The minimum Gasteiger partial charge on any atom is -0.321 e. The monoisotopic (exact) mass is 184 g/mol. The predicted molar refractivity (Wildman–Crippen MR) is 49.2 cm³/mol. The van der Waals surface area contributed by atoms with E-state index >= 15 is 0 Å². The Morgan fingerprint density at radius 1 is 1.31 bits per heavy atom. The van der Waals surface area contributed by atoms with Crippen LogP contribution in [-0.4, -0.2) is 29.4 Å². The first kappa shape index (κ1) is 10.0. The first-order valence-electron chi connectivity index (χ1n) is 4.63. The predicted octanol–water partition coefficient (Wildman–Crippen LogP) is 0.973. The standard InChI is InChI=1S/C9H16N2O2/c1-6(2)7(3)11-5-4-8(12)10-9(11)13/h6-7H,4-5H2,1-3H3,(H,10,12,13). The van der Waals surface area contributed by atoms with Crippen LogP contribution in [0.15, 0.2) is 0 Å². The van der Waals surface area contributed by atoms with Crippen LogP contribution in [0.1, 0.15) is 27.2 Å². The van der Waals surface area contributed by atoms with Gasteiger partial charge in [-0.3, -0.25) is 10.1 Å². The van der Waals surface area contributed by atoms with E-state index in [0.717, 1.165) is 0 Å². The molecule has 3 amide bonds. The molecule has 74 valence electrons. The Morgan fingerprint density at radius 3 is 2.38 bits per heavy atom. The van der Waals surface area contributed by atoms with Gasteiger partial charge in [-0.05, 0) is 12.8 Å². The van der Waals surface area contributed by atoms with Crippen molar-refractivity contribution in [1.82, 2.24) is 10.2 Å². The molecule has 0 spiro atoms. The maximum absolute atomic E-state index is 11.3. The topological polar surface area (TPSA) is 49.4 Å². The Morgan fingerprint density at radius 2 is 1.92 bits per heavy atom. The van der Waals surface area contributed by atoms with Crippen LogP contribution in [0.5, 0.6) is 0 Å². The van der Waals surface area contributed by atoms with Crippen LogP contribution in [0.4, 0.5) is 4.79 Å². The van der Waals surface area contributed by atoms with Gasteiger partial charge in [0.25, 0.3) is 0 Å². The fourth-order valence-corrected chi connectivity index (χ4v) is 1.33. The van der Waals surface area contributed by atoms with Gasteiger partial charge in [0.2, 0.25) is 5.91 Å². The van der Waals surface area contributed by atoms with Crippen LogP contribution in [0.25, 0.3) is 0 Å². The Bertz CT molecular complexity index is 226. The van der Waals surface area contributed by atoms with E-state index in [1.165, 1.54) is 0 Å². The van der Waals surface area contributed by atoms with Crippen LogP contribution in [0, 0.1) is 5.92 Å². The van der Waals surface area contributed by atoms with Crippen molar-refractivity contribution in [2.24, 2.45) is 5.92 Å². The smallest absolute Gasteiger partial charge is 0.321 e. The molecule has 0 aromatic carbocycles. The summed E-state index contributed by atoms with van der Waals surface area (Å²) >= 11 is 0. The number of carbonyl (C=O) groups is 2. The molecule has 13 heavy (non-hydrogen) atoms. The maximum atomic E-state index is 11.3. The van der Waals surface area contributed by atoms with E-state index in [1.807, 2.05) is 6.92 Å². The Labute approximate surface area is 78.3 Å². The molecule has 4 heteroatoms. The van der Waals surface area contributed by atoms with Crippen molar-refractivity contribution in [3.8, 4) is 0 Å². The second-order valence-electron chi connectivity index (χ2n) is 3.78. The average Bonchev–Trinajstić information content (AvgIpc) is 2.03. The number of hydrogen-bond donors (Lipinski definition) is 1. The number of imide groups is 1. The molecule has 1 N–H and O–H groups in total. The van der Waals surface area contributed by atoms with Gasteiger partial charge in [-0.2, -0.15) is 0 Å². The van der Waals surface area contributed by atoms with Crippen molar-refractivity contribution in [1.29, 1.82) is 0 Å². The van der Waals surface area contributed by atoms with Crippen molar-refractivity contribution >= 4 is 11.9 Å². The minimum atomic E-state index is -0.252. The fraction of sp³-hybridized carbons (Fsp3) is 0.778. The van der Waals surface area contributed by atoms with E-state index in [2.05, 4.69) is 19.2 Å². The van der Waals surface area contributed by atoms with Crippen LogP contribution >= 0.6 is 0 Å². The highest BCUT2D eigenvalue weighted by Crippen LogP contribution is 2.13. The molecule has 1 aliphatic rings. The molecule has 0 aromatic rings. The normalized spacial score (nSPS) is 20.5. The number of nitrogens with zero attached hydrogens (tertiary/aromatic N) is 1. The van der Waals surface area contributed by atoms with Crippen LogP contribution in [-0.2, 0) is 4.79 Å². The molecule has 0 saturated carbocycles. The van der Waals surface area contributed by atoms with Gasteiger partial charge in [-0.25, -0.2) is 4.79 Å². The van der Waals surface area contributed by atoms with Gasteiger partial charge >= 0.3 is 6.03 Å². The molecule has 1 heterocycles. The molecular weight excluding hydrogens is 168 g/mol. The number of nitrogens with one attached hydrogen (secondary N) is 1. The summed E-state index contributed by atoms with van der Waals surface area (Å²) < 4.78 is 0. The molecule has 0 aliphatic carbocycles. The summed E-state index contributed by atoms with van der Waals surface area (Å²) in [6, 6.07) is -0.0643. The van der Waals surface area contributed by atoms with Crippen molar-refractivity contribution in [2.45, 2.75) is 33.2 Å². The van der Waals surface area contributed by atoms with E-state index in [0.29, 0.717) is 18.9 Å². The maximum Gasteiger partial charge on any atom is 0.324 e. The third kappa shape index (κ3) is 2.20. The quantitative estimate of drug-likeness (QED) is 0.695. The Balaban J connectivity index is 2.61. The van der Waals surface area contributed by atoms with Crippen LogP contribution in [0.2, 0.25) is 0 Å². The molecule has 4 nitrogen and oxygen atoms in total. The summed E-state index contributed by atoms with van der Waals surface area (Å²) in [6.07, 6.45) is 0.419. The lowest BCUT2D eigenvalue weighted by Gasteiger charge is -2.34. The summed E-state index contributed by atoms with van der Waals surface area (Å²) in [5.41, 5.74) is 0. The molecule has 1 saturated heterocycles. The van der Waals surface area contributed by atoms with Gasteiger partial charge in [0.1, 0.15) is 0 Å². The number of amides is 3. The fourth-order valence-electron chi connectivity index (χ4n) is 1.33. The second-order valence-corrected chi connectivity index (χ2v) is 3.78. The van der Waals surface area contributed by atoms with E-state index in [1.54, 1.807) is 4.90 Å². The van der Waals surface area contributed by atoms with E-state index in [-0.39, 0.29) is 18.0 Å². The molecule has 1 fully saturated rings. The van der Waals surface area contributed by atoms with E-state index in [4.69, 9.17) is 0 Å². The number of urea groups is 1. The molecule has 1 rings (SSSR count). The summed E-state index contributed by atoms with van der Waals surface area (Å²) in [6.45, 7) is 6.67. The second kappa shape index (κ2) is 3.77. The minimum absolute atomic E-state index is 0.169. The molecule has 1 unspecified atom stereocenters. The molecular formula is C9H16N2O2. The van der Waals surface area contributed by atoms with E-state index in [9.17, 15) is 9.59 Å². The number of rotatable bonds is 2. The zero-order valence-electron chi connectivity index (χ0n) is 8.33. The highest BCUT2D eigenvalue weighted by atomic mass is 16.2. The molecule has 1 atom stereocenters. The average molecular weight is 184 g/mol. The lowest BCUT2D eigenvalue weighted by atomic mass is 10.0. The van der Waals surface area contributed by atoms with Crippen LogP contribution < -0.4 is 5.32 Å². The lowest BCUT2D eigenvalue weighted by molar-refractivity contribution is -0.121. The number of hydrogen-bond acceptors (Lipinski definition) is 2. The zero-order chi connectivity index (χ0) is 10.0. The van der Waals surface area contributed by atoms with Gasteiger partial charge in [0.05, 0.1) is 0 Å². The summed E-state index contributed by atoms with van der Waals surface area (Å²) in [7, 11) is 0. The summed E-state index contributed by atoms with van der Waals surface area (Å²) in [5, 5.41) is 2.31. The summed E-state index contributed by atoms with van der Waals surface area (Å²) in [4.78, 5) is 23.9. The highest BCUT2D eigenvalue weighted by molar-refractivity contribution is 5.96. The molecule has 0 aromatic heterocycles. The Hall–Kier alpha value is -1.06. The van der Waals surface area contributed by atoms with E-state index < -0.39 is 0 Å². The number of carbonyl (C=O) groups excluding carboxylic acids is 2. The van der Waals surface area contributed by atoms with Gasteiger partial charge in [-0.1, -0.05) is 13.8 Å².